The molecule has 0 aromatic heterocycles. The van der Waals surface area contributed by atoms with Crippen LogP contribution in [0.1, 0.15) is 24.9 Å². The van der Waals surface area contributed by atoms with E-state index in [9.17, 15) is 4.39 Å². The molecule has 1 aromatic rings. The fourth-order valence-corrected chi connectivity index (χ4v) is 1.36. The second-order valence-corrected chi connectivity index (χ2v) is 3.44. The van der Waals surface area contributed by atoms with Crippen molar-refractivity contribution in [2.45, 2.75) is 19.4 Å². The number of hydrogen-bond acceptors (Lipinski definition) is 2. The lowest BCUT2D eigenvalue weighted by Gasteiger charge is -2.15. The van der Waals surface area contributed by atoms with Crippen molar-refractivity contribution in [3.63, 3.8) is 0 Å². The van der Waals surface area contributed by atoms with Crippen LogP contribution in [0.2, 0.25) is 0 Å². The van der Waals surface area contributed by atoms with Gasteiger partial charge in [0.25, 0.3) is 0 Å². The second-order valence-electron chi connectivity index (χ2n) is 3.44. The summed E-state index contributed by atoms with van der Waals surface area (Å²) in [6.45, 7) is 2.17. The van der Waals surface area contributed by atoms with Crippen LogP contribution in [0.4, 0.5) is 4.39 Å². The van der Waals surface area contributed by atoms with E-state index in [2.05, 4.69) is 12.2 Å². The van der Waals surface area contributed by atoms with Crippen LogP contribution >= 0.6 is 0 Å². The number of ether oxygens (including phenoxy) is 1. The van der Waals surface area contributed by atoms with Gasteiger partial charge in [0.05, 0.1) is 13.3 Å². The molecule has 0 aliphatic heterocycles. The van der Waals surface area contributed by atoms with Gasteiger partial charge in [-0.2, -0.15) is 0 Å². The van der Waals surface area contributed by atoms with Crippen molar-refractivity contribution in [2.24, 2.45) is 0 Å². The molecule has 0 saturated carbocycles. The molecule has 0 saturated heterocycles. The normalized spacial score (nSPS) is 12.5. The highest BCUT2D eigenvalue weighted by Crippen LogP contribution is 2.24. The third-order valence-corrected chi connectivity index (χ3v) is 2.35. The van der Waals surface area contributed by atoms with Crippen molar-refractivity contribution < 1.29 is 9.13 Å². The molecule has 1 aromatic carbocycles. The third kappa shape index (κ3) is 3.51. The van der Waals surface area contributed by atoms with Gasteiger partial charge in [-0.05, 0) is 20.0 Å². The highest BCUT2D eigenvalue weighted by atomic mass is 19.1. The van der Waals surface area contributed by atoms with Gasteiger partial charge in [-0.25, -0.2) is 0 Å². The number of rotatable bonds is 6. The fourth-order valence-electron chi connectivity index (χ4n) is 1.36. The summed E-state index contributed by atoms with van der Waals surface area (Å²) in [6.07, 6.45) is 0.447. The van der Waals surface area contributed by atoms with E-state index >= 15 is 0 Å². The highest BCUT2D eigenvalue weighted by Gasteiger charge is 2.08. The molecular weight excluding hydrogens is 193 g/mol. The van der Waals surface area contributed by atoms with Crippen LogP contribution in [-0.4, -0.2) is 20.3 Å². The summed E-state index contributed by atoms with van der Waals surface area (Å²) >= 11 is 0. The summed E-state index contributed by atoms with van der Waals surface area (Å²) in [5.41, 5.74) is 1.11. The molecule has 0 amide bonds. The number of alkyl halides is 1. The lowest BCUT2D eigenvalue weighted by molar-refractivity contribution is 0.285. The SMILES string of the molecule is CNC(C)c1ccccc1OCCCF. The zero-order valence-electron chi connectivity index (χ0n) is 9.29. The molecule has 0 aliphatic carbocycles. The van der Waals surface area contributed by atoms with Gasteiger partial charge in [-0.3, -0.25) is 4.39 Å². The summed E-state index contributed by atoms with van der Waals surface area (Å²) in [5.74, 6) is 0.841. The topological polar surface area (TPSA) is 21.3 Å². The average Bonchev–Trinajstić information content (AvgIpc) is 2.29. The van der Waals surface area contributed by atoms with Crippen LogP contribution in [-0.2, 0) is 0 Å². The number of benzene rings is 1. The second kappa shape index (κ2) is 6.40. The zero-order chi connectivity index (χ0) is 11.1. The van der Waals surface area contributed by atoms with E-state index in [4.69, 9.17) is 4.74 Å². The van der Waals surface area contributed by atoms with Gasteiger partial charge in [0.1, 0.15) is 5.75 Å². The van der Waals surface area contributed by atoms with E-state index < -0.39 is 0 Å². The minimum Gasteiger partial charge on any atom is -0.493 e. The Morgan fingerprint density at radius 1 is 1.40 bits per heavy atom. The first-order valence-corrected chi connectivity index (χ1v) is 5.24. The van der Waals surface area contributed by atoms with Crippen LogP contribution in [0.5, 0.6) is 5.75 Å². The first-order chi connectivity index (χ1) is 7.29. The monoisotopic (exact) mass is 211 g/mol. The molecule has 0 radical (unpaired) electrons. The molecule has 3 heteroatoms. The van der Waals surface area contributed by atoms with Crippen molar-refractivity contribution in [2.75, 3.05) is 20.3 Å². The number of para-hydroxylation sites is 1. The number of nitrogens with one attached hydrogen (secondary N) is 1. The molecule has 1 N–H and O–H groups in total. The van der Waals surface area contributed by atoms with Gasteiger partial charge in [0.2, 0.25) is 0 Å². The molecular formula is C12H18FNO. The maximum atomic E-state index is 11.9. The summed E-state index contributed by atoms with van der Waals surface area (Å²) in [5, 5.41) is 3.16. The van der Waals surface area contributed by atoms with Crippen molar-refractivity contribution in [1.29, 1.82) is 0 Å². The largest absolute Gasteiger partial charge is 0.493 e. The average molecular weight is 211 g/mol. The minimum atomic E-state index is -0.330. The Labute approximate surface area is 90.4 Å². The van der Waals surface area contributed by atoms with Crippen LogP contribution < -0.4 is 10.1 Å². The molecule has 0 heterocycles. The maximum Gasteiger partial charge on any atom is 0.124 e. The molecule has 0 aliphatic rings. The van der Waals surface area contributed by atoms with Gasteiger partial charge >= 0.3 is 0 Å². The van der Waals surface area contributed by atoms with E-state index in [1.165, 1.54) is 0 Å². The first-order valence-electron chi connectivity index (χ1n) is 5.24. The molecule has 1 rings (SSSR count). The Morgan fingerprint density at radius 2 is 2.13 bits per heavy atom. The van der Waals surface area contributed by atoms with Crippen LogP contribution in [0, 0.1) is 0 Å². The molecule has 2 nitrogen and oxygen atoms in total. The predicted octanol–water partition coefficient (Wildman–Crippen LogP) is 2.71. The molecule has 1 atom stereocenters. The molecule has 84 valence electrons. The molecule has 1 unspecified atom stereocenters. The zero-order valence-corrected chi connectivity index (χ0v) is 9.29. The fraction of sp³-hybridized carbons (Fsp3) is 0.500. The smallest absolute Gasteiger partial charge is 0.124 e. The first kappa shape index (κ1) is 12.0. The summed E-state index contributed by atoms with van der Waals surface area (Å²) in [4.78, 5) is 0. The van der Waals surface area contributed by atoms with E-state index in [1.807, 2.05) is 31.3 Å². The summed E-state index contributed by atoms with van der Waals surface area (Å²) in [7, 11) is 1.91. The van der Waals surface area contributed by atoms with Crippen LogP contribution in [0.25, 0.3) is 0 Å². The Morgan fingerprint density at radius 3 is 2.80 bits per heavy atom. The van der Waals surface area contributed by atoms with Crippen molar-refractivity contribution in [1.82, 2.24) is 5.32 Å². The van der Waals surface area contributed by atoms with E-state index in [0.717, 1.165) is 11.3 Å². The Hall–Kier alpha value is -1.09. The van der Waals surface area contributed by atoms with Gasteiger partial charge < -0.3 is 10.1 Å². The lowest BCUT2D eigenvalue weighted by Crippen LogP contribution is -2.14. The van der Waals surface area contributed by atoms with E-state index in [-0.39, 0.29) is 12.7 Å². The predicted molar refractivity (Wildman–Crippen MR) is 60.0 cm³/mol. The van der Waals surface area contributed by atoms with Crippen LogP contribution in [0.3, 0.4) is 0 Å². The van der Waals surface area contributed by atoms with Crippen molar-refractivity contribution in [3.8, 4) is 5.75 Å². The lowest BCUT2D eigenvalue weighted by atomic mass is 10.1. The number of halogens is 1. The highest BCUT2D eigenvalue weighted by molar-refractivity contribution is 5.35. The van der Waals surface area contributed by atoms with Crippen LogP contribution in [0.15, 0.2) is 24.3 Å². The third-order valence-electron chi connectivity index (χ3n) is 2.35. The Balaban J connectivity index is 2.68. The number of hydrogen-bond donors (Lipinski definition) is 1. The molecule has 0 spiro atoms. The molecule has 15 heavy (non-hydrogen) atoms. The maximum absolute atomic E-state index is 11.9. The quantitative estimate of drug-likeness (QED) is 0.730. The Kier molecular flexibility index (Phi) is 5.12. The summed E-state index contributed by atoms with van der Waals surface area (Å²) < 4.78 is 17.4. The molecule has 0 bridgehead atoms. The Bertz CT molecular complexity index is 291. The van der Waals surface area contributed by atoms with E-state index in [1.54, 1.807) is 0 Å². The van der Waals surface area contributed by atoms with Crippen molar-refractivity contribution in [3.05, 3.63) is 29.8 Å². The minimum absolute atomic E-state index is 0.242. The van der Waals surface area contributed by atoms with Crippen molar-refractivity contribution >= 4 is 0 Å². The molecule has 0 fully saturated rings. The van der Waals surface area contributed by atoms with Gasteiger partial charge in [0.15, 0.2) is 0 Å². The summed E-state index contributed by atoms with van der Waals surface area (Å²) in [6, 6.07) is 8.08. The van der Waals surface area contributed by atoms with E-state index in [0.29, 0.717) is 13.0 Å². The van der Waals surface area contributed by atoms with Gasteiger partial charge in [-0.15, -0.1) is 0 Å². The van der Waals surface area contributed by atoms with Gasteiger partial charge in [0, 0.05) is 18.0 Å². The standard InChI is InChI=1S/C12H18FNO/c1-10(14-2)11-6-3-4-7-12(11)15-9-5-8-13/h3-4,6-7,10,14H,5,8-9H2,1-2H3. The van der Waals surface area contributed by atoms with Gasteiger partial charge in [-0.1, -0.05) is 18.2 Å².